The molecule has 134 valence electrons. The molecule has 25 heavy (non-hydrogen) atoms. The fourth-order valence-corrected chi connectivity index (χ4v) is 4.60. The average molecular weight is 401 g/mol. The first-order valence-corrected chi connectivity index (χ1v) is 10.1. The van der Waals surface area contributed by atoms with E-state index in [1.165, 1.54) is 53.1 Å². The van der Waals surface area contributed by atoms with Crippen molar-refractivity contribution >= 4 is 46.5 Å². The second-order valence-corrected chi connectivity index (χ2v) is 8.25. The lowest BCUT2D eigenvalue weighted by molar-refractivity contribution is -0.385. The largest absolute Gasteiger partial charge is 0.508 e. The Balaban J connectivity index is 1.91. The zero-order valence-electron chi connectivity index (χ0n) is 13.3. The molecule has 0 unspecified atom stereocenters. The van der Waals surface area contributed by atoms with Crippen LogP contribution in [0.1, 0.15) is 18.9 Å². The van der Waals surface area contributed by atoms with Crippen LogP contribution < -0.4 is 5.32 Å². The number of nitrogens with zero attached hydrogens (tertiary/aromatic N) is 3. The Hall–Kier alpha value is -1.85. The highest BCUT2D eigenvalue weighted by atomic mass is 32.2. The van der Waals surface area contributed by atoms with Crippen LogP contribution in [0.2, 0.25) is 0 Å². The molecule has 1 aromatic carbocycles. The number of benzene rings is 1. The van der Waals surface area contributed by atoms with Crippen LogP contribution in [-0.4, -0.2) is 38.4 Å². The van der Waals surface area contributed by atoms with Gasteiger partial charge in [0.05, 0.1) is 10.7 Å². The molecule has 0 spiro atoms. The maximum atomic E-state index is 11.6. The third kappa shape index (κ3) is 6.18. The molecule has 0 radical (unpaired) electrons. The first-order valence-electron chi connectivity index (χ1n) is 7.31. The summed E-state index contributed by atoms with van der Waals surface area (Å²) in [6.45, 7) is 2.64. The Labute approximate surface area is 156 Å². The molecule has 0 aliphatic heterocycles. The van der Waals surface area contributed by atoms with Gasteiger partial charge in [-0.2, -0.15) is 0 Å². The van der Waals surface area contributed by atoms with Crippen molar-refractivity contribution in [2.75, 3.05) is 12.3 Å². The van der Waals surface area contributed by atoms with Crippen molar-refractivity contribution in [2.45, 2.75) is 27.8 Å². The molecule has 2 aromatic rings. The van der Waals surface area contributed by atoms with E-state index in [4.69, 9.17) is 0 Å². The molecule has 11 heteroatoms. The molecule has 0 bridgehead atoms. The van der Waals surface area contributed by atoms with Crippen molar-refractivity contribution in [2.24, 2.45) is 0 Å². The second-order valence-electron chi connectivity index (χ2n) is 4.83. The number of hydrogen-bond donors (Lipinski definition) is 2. The van der Waals surface area contributed by atoms with Gasteiger partial charge >= 0.3 is 0 Å². The fourth-order valence-electron chi connectivity index (χ4n) is 1.76. The van der Waals surface area contributed by atoms with Gasteiger partial charge in [-0.3, -0.25) is 14.9 Å². The molecule has 0 aliphatic rings. The Kier molecular flexibility index (Phi) is 7.47. The van der Waals surface area contributed by atoms with Gasteiger partial charge in [-0.15, -0.1) is 10.2 Å². The van der Waals surface area contributed by atoms with E-state index in [0.29, 0.717) is 26.5 Å². The van der Waals surface area contributed by atoms with Crippen molar-refractivity contribution in [3.8, 4) is 5.75 Å². The standard InChI is InChI=1S/C14H16N4O4S3/c1-2-5-15-12(20)8-24-14-17-16-13(25-14)23-7-9-6-10(19)3-4-11(9)18(21)22/h3-4,6,19H,2,5,7-8H2,1H3,(H,15,20). The molecule has 2 rings (SSSR count). The summed E-state index contributed by atoms with van der Waals surface area (Å²) in [7, 11) is 0. The van der Waals surface area contributed by atoms with Gasteiger partial charge in [-0.1, -0.05) is 41.8 Å². The van der Waals surface area contributed by atoms with Crippen molar-refractivity contribution in [3.63, 3.8) is 0 Å². The molecular weight excluding hydrogens is 384 g/mol. The average Bonchev–Trinajstić information content (AvgIpc) is 3.04. The van der Waals surface area contributed by atoms with Crippen molar-refractivity contribution < 1.29 is 14.8 Å². The minimum absolute atomic E-state index is 0.0206. The maximum Gasteiger partial charge on any atom is 0.273 e. The van der Waals surface area contributed by atoms with E-state index < -0.39 is 4.92 Å². The fraction of sp³-hybridized carbons (Fsp3) is 0.357. The molecule has 2 N–H and O–H groups in total. The van der Waals surface area contributed by atoms with E-state index in [1.54, 1.807) is 0 Å². The van der Waals surface area contributed by atoms with E-state index >= 15 is 0 Å². The van der Waals surface area contributed by atoms with Gasteiger partial charge < -0.3 is 10.4 Å². The number of phenolic OH excluding ortho intramolecular Hbond substituents is 1. The number of phenols is 1. The monoisotopic (exact) mass is 400 g/mol. The molecule has 0 aliphatic carbocycles. The highest BCUT2D eigenvalue weighted by Gasteiger charge is 2.16. The lowest BCUT2D eigenvalue weighted by Crippen LogP contribution is -2.25. The Morgan fingerprint density at radius 1 is 1.36 bits per heavy atom. The van der Waals surface area contributed by atoms with Gasteiger partial charge in [-0.25, -0.2) is 0 Å². The summed E-state index contributed by atoms with van der Waals surface area (Å²) in [4.78, 5) is 22.1. The van der Waals surface area contributed by atoms with E-state index in [0.717, 1.165) is 6.42 Å². The third-order valence-electron chi connectivity index (χ3n) is 2.90. The molecule has 1 amide bonds. The molecule has 0 atom stereocenters. The number of amides is 1. The quantitative estimate of drug-likeness (QED) is 0.374. The summed E-state index contributed by atoms with van der Waals surface area (Å²) in [6, 6.07) is 3.94. The number of hydrogen-bond acceptors (Lipinski definition) is 9. The van der Waals surface area contributed by atoms with E-state index in [2.05, 4.69) is 15.5 Å². The zero-order valence-corrected chi connectivity index (χ0v) is 15.7. The summed E-state index contributed by atoms with van der Waals surface area (Å²) >= 11 is 3.93. The molecule has 1 heterocycles. The zero-order chi connectivity index (χ0) is 18.2. The van der Waals surface area contributed by atoms with Crippen LogP contribution >= 0.6 is 34.9 Å². The van der Waals surface area contributed by atoms with Crippen molar-refractivity contribution in [3.05, 3.63) is 33.9 Å². The number of aromatic hydroxyl groups is 1. The predicted octanol–water partition coefficient (Wildman–Crippen LogP) is 3.06. The molecular formula is C14H16N4O4S3. The summed E-state index contributed by atoms with van der Waals surface area (Å²) in [5.41, 5.74) is 0.371. The molecule has 0 saturated heterocycles. The normalized spacial score (nSPS) is 10.6. The highest BCUT2D eigenvalue weighted by Crippen LogP contribution is 2.33. The minimum Gasteiger partial charge on any atom is -0.508 e. The summed E-state index contributed by atoms with van der Waals surface area (Å²) in [6.07, 6.45) is 0.886. The SMILES string of the molecule is CCCNC(=O)CSc1nnc(SCc2cc(O)ccc2[N+](=O)[O-])s1. The maximum absolute atomic E-state index is 11.6. The number of nitro groups is 1. The van der Waals surface area contributed by atoms with Crippen LogP contribution in [0.25, 0.3) is 0 Å². The van der Waals surface area contributed by atoms with Crippen molar-refractivity contribution in [1.29, 1.82) is 0 Å². The Morgan fingerprint density at radius 3 is 2.76 bits per heavy atom. The first kappa shape index (κ1) is 19.5. The number of carbonyl (C=O) groups is 1. The topological polar surface area (TPSA) is 118 Å². The van der Waals surface area contributed by atoms with Crippen LogP contribution in [0, 0.1) is 10.1 Å². The summed E-state index contributed by atoms with van der Waals surface area (Å²) < 4.78 is 1.31. The smallest absolute Gasteiger partial charge is 0.273 e. The number of nitro benzene ring substituents is 1. The van der Waals surface area contributed by atoms with Gasteiger partial charge in [0.25, 0.3) is 5.69 Å². The van der Waals surface area contributed by atoms with Gasteiger partial charge in [0.1, 0.15) is 5.75 Å². The highest BCUT2D eigenvalue weighted by molar-refractivity contribution is 8.03. The third-order valence-corrected chi connectivity index (χ3v) is 6.14. The van der Waals surface area contributed by atoms with Crippen LogP contribution in [0.15, 0.2) is 26.9 Å². The minimum atomic E-state index is -0.481. The second kappa shape index (κ2) is 9.59. The molecule has 0 saturated carbocycles. The van der Waals surface area contributed by atoms with Crippen LogP contribution in [0.3, 0.4) is 0 Å². The molecule has 0 fully saturated rings. The van der Waals surface area contributed by atoms with Crippen molar-refractivity contribution in [1.82, 2.24) is 15.5 Å². The summed E-state index contributed by atoms with van der Waals surface area (Å²) in [5, 5.41) is 31.3. The number of nitrogens with one attached hydrogen (secondary N) is 1. The van der Waals surface area contributed by atoms with Gasteiger partial charge in [0.2, 0.25) is 5.91 Å². The van der Waals surface area contributed by atoms with Crippen LogP contribution in [-0.2, 0) is 10.5 Å². The van der Waals surface area contributed by atoms with E-state index in [1.807, 2.05) is 6.92 Å². The van der Waals surface area contributed by atoms with Gasteiger partial charge in [0, 0.05) is 23.9 Å². The molecule has 1 aromatic heterocycles. The lowest BCUT2D eigenvalue weighted by atomic mass is 10.2. The van der Waals surface area contributed by atoms with Gasteiger partial charge in [0.15, 0.2) is 8.68 Å². The van der Waals surface area contributed by atoms with E-state index in [-0.39, 0.29) is 23.1 Å². The summed E-state index contributed by atoms with van der Waals surface area (Å²) in [5.74, 6) is 0.498. The number of thioether (sulfide) groups is 2. The first-order chi connectivity index (χ1) is 12.0. The number of aromatic nitrogens is 2. The van der Waals surface area contributed by atoms with Crippen LogP contribution in [0.5, 0.6) is 5.75 Å². The Morgan fingerprint density at radius 2 is 2.08 bits per heavy atom. The number of rotatable bonds is 9. The molecule has 8 nitrogen and oxygen atoms in total. The van der Waals surface area contributed by atoms with Gasteiger partial charge in [-0.05, 0) is 18.6 Å². The lowest BCUT2D eigenvalue weighted by Gasteiger charge is -2.02. The predicted molar refractivity (Wildman–Crippen MR) is 98.3 cm³/mol. The van der Waals surface area contributed by atoms with E-state index in [9.17, 15) is 20.0 Å². The number of carbonyl (C=O) groups excluding carboxylic acids is 1. The Bertz CT molecular complexity index is 753. The van der Waals surface area contributed by atoms with Crippen LogP contribution in [0.4, 0.5) is 5.69 Å².